The third kappa shape index (κ3) is 20.7. The maximum Gasteiger partial charge on any atom is 0.338 e. The van der Waals surface area contributed by atoms with E-state index in [1.807, 2.05) is 27.7 Å². The van der Waals surface area contributed by atoms with Gasteiger partial charge in [-0.25, -0.2) is 14.4 Å². The molecule has 0 fully saturated rings. The minimum absolute atomic E-state index is 0.0187. The van der Waals surface area contributed by atoms with Crippen molar-refractivity contribution in [3.63, 3.8) is 0 Å². The highest BCUT2D eigenvalue weighted by Crippen LogP contribution is 2.36. The molecule has 0 aliphatic carbocycles. The Kier molecular flexibility index (Phi) is 24.0. The summed E-state index contributed by atoms with van der Waals surface area (Å²) in [5, 5.41) is 105. The highest BCUT2D eigenvalue weighted by atomic mass is 16.6. The molecule has 11 N–H and O–H groups in total. The van der Waals surface area contributed by atoms with Crippen LogP contribution >= 0.6 is 0 Å². The lowest BCUT2D eigenvalue weighted by Crippen LogP contribution is -2.34. The molecule has 4 unspecified atom stereocenters. The molecule has 3 rings (SSSR count). The maximum atomic E-state index is 12.2. The van der Waals surface area contributed by atoms with Crippen molar-refractivity contribution in [3.8, 4) is 40.2 Å². The predicted octanol–water partition coefficient (Wildman–Crippen LogP) is 2.31. The van der Waals surface area contributed by atoms with Crippen molar-refractivity contribution in [2.24, 2.45) is 10.8 Å². The van der Waals surface area contributed by atoms with Crippen molar-refractivity contribution in [2.75, 3.05) is 86.4 Å². The van der Waals surface area contributed by atoms with Gasteiger partial charge >= 0.3 is 17.9 Å². The van der Waals surface area contributed by atoms with E-state index in [2.05, 4.69) is 0 Å². The number of carbonyl (C=O) groups is 3. The van der Waals surface area contributed by atoms with Gasteiger partial charge in [-0.2, -0.15) is 0 Å². The van der Waals surface area contributed by atoms with Crippen LogP contribution in [0.2, 0.25) is 0 Å². The Hall–Kier alpha value is -5.69. The zero-order valence-corrected chi connectivity index (χ0v) is 39.2. The second-order valence-corrected chi connectivity index (χ2v) is 17.4. The van der Waals surface area contributed by atoms with Crippen molar-refractivity contribution < 1.29 is 108 Å². The average Bonchev–Trinajstić information content (AvgIpc) is 3.27. The van der Waals surface area contributed by atoms with Crippen LogP contribution in [0, 0.1) is 24.7 Å². The van der Waals surface area contributed by atoms with Crippen LogP contribution in [0.5, 0.6) is 40.2 Å². The van der Waals surface area contributed by atoms with Gasteiger partial charge in [-0.1, -0.05) is 27.7 Å². The lowest BCUT2D eigenvalue weighted by atomic mass is 9.96. The van der Waals surface area contributed by atoms with Crippen LogP contribution in [0.25, 0.3) is 0 Å². The second-order valence-electron chi connectivity index (χ2n) is 17.4. The van der Waals surface area contributed by atoms with E-state index in [0.29, 0.717) is 12.2 Å². The first-order chi connectivity index (χ1) is 31.8. The van der Waals surface area contributed by atoms with Gasteiger partial charge in [0.1, 0.15) is 50.0 Å². The number of aryl methyl sites for hydroxylation is 1. The molecule has 382 valence electrons. The topological polar surface area (TPSA) is 348 Å². The second kappa shape index (κ2) is 28.0. The Balaban J connectivity index is 0.000000488. The van der Waals surface area contributed by atoms with Crippen LogP contribution in [0.3, 0.4) is 0 Å². The molecule has 0 bridgehead atoms. The molecule has 0 amide bonds. The number of aliphatic hydroxyl groups excluding tert-OH is 4. The maximum absolute atomic E-state index is 12.2. The van der Waals surface area contributed by atoms with Crippen LogP contribution in [0.1, 0.15) is 69.9 Å². The van der Waals surface area contributed by atoms with E-state index in [-0.39, 0.29) is 93.9 Å². The number of hydrogen-bond acceptors (Lipinski definition) is 22. The number of benzene rings is 3. The summed E-state index contributed by atoms with van der Waals surface area (Å²) in [5.41, 5.74) is 0.239. The summed E-state index contributed by atoms with van der Waals surface area (Å²) in [6.45, 7) is 10.4. The van der Waals surface area contributed by atoms with Gasteiger partial charge in [0.15, 0.2) is 34.5 Å². The molecule has 68 heavy (non-hydrogen) atoms. The minimum atomic E-state index is -1.09. The van der Waals surface area contributed by atoms with E-state index >= 15 is 0 Å². The molecule has 0 aromatic heterocycles. The van der Waals surface area contributed by atoms with Crippen LogP contribution < -0.4 is 0 Å². The van der Waals surface area contributed by atoms with E-state index in [0.717, 1.165) is 29.8 Å². The highest BCUT2D eigenvalue weighted by molar-refractivity contribution is 5.92. The third-order valence-corrected chi connectivity index (χ3v) is 9.38. The largest absolute Gasteiger partial charge is 0.508 e. The van der Waals surface area contributed by atoms with Crippen LogP contribution in [-0.2, 0) is 37.9 Å². The van der Waals surface area contributed by atoms with Gasteiger partial charge in [-0.3, -0.25) is 0 Å². The molecule has 0 aliphatic heterocycles. The van der Waals surface area contributed by atoms with E-state index in [1.54, 1.807) is 19.9 Å². The molecule has 0 saturated carbocycles. The van der Waals surface area contributed by atoms with Gasteiger partial charge in [-0.15, -0.1) is 0 Å². The Morgan fingerprint density at radius 1 is 0.500 bits per heavy atom. The van der Waals surface area contributed by atoms with E-state index in [9.17, 15) is 70.6 Å². The Bertz CT molecular complexity index is 2000. The fourth-order valence-electron chi connectivity index (χ4n) is 5.50. The van der Waals surface area contributed by atoms with E-state index in [4.69, 9.17) is 37.9 Å². The quantitative estimate of drug-likeness (QED) is 0.0297. The van der Waals surface area contributed by atoms with Gasteiger partial charge in [0.25, 0.3) is 0 Å². The normalized spacial score (nSPS) is 13.4. The Labute approximate surface area is 393 Å². The molecule has 3 aromatic rings. The molecular weight excluding hydrogens is 904 g/mol. The summed E-state index contributed by atoms with van der Waals surface area (Å²) >= 11 is 0. The molecule has 0 radical (unpaired) electrons. The number of ether oxygens (including phenoxy) is 8. The summed E-state index contributed by atoms with van der Waals surface area (Å²) in [7, 11) is 1.49. The van der Waals surface area contributed by atoms with E-state index < -0.39 is 88.8 Å². The molecule has 22 heteroatoms. The zero-order chi connectivity index (χ0) is 51.4. The molecule has 3 aromatic carbocycles. The lowest BCUT2D eigenvalue weighted by molar-refractivity contribution is -0.0813. The van der Waals surface area contributed by atoms with Crippen LogP contribution in [0.4, 0.5) is 0 Å². The average molecular weight is 971 g/mol. The molecule has 4 atom stereocenters. The summed E-state index contributed by atoms with van der Waals surface area (Å²) in [6, 6.07) is 6.62. The van der Waals surface area contributed by atoms with Crippen molar-refractivity contribution >= 4 is 17.9 Å². The molecule has 0 aliphatic rings. The van der Waals surface area contributed by atoms with Crippen molar-refractivity contribution in [2.45, 2.75) is 66.0 Å². The van der Waals surface area contributed by atoms with Crippen LogP contribution in [0.15, 0.2) is 36.4 Å². The molecule has 22 nitrogen and oxygen atoms in total. The first-order valence-corrected chi connectivity index (χ1v) is 21.1. The SMILES string of the molecule is COCC(O)COCC(C)(C)COCC(O)COC(=O)c1cc(O)c(O)c(O)c1.Cc1cc(C(=O)OCC(O)COCC(C)(C)COC(CO)COC(=O)c2cc(O)c(O)c(O)c2)cc(O)c1C. The zero-order valence-electron chi connectivity index (χ0n) is 39.2. The fraction of sp³-hybridized carbons (Fsp3) is 0.543. The fourth-order valence-corrected chi connectivity index (χ4v) is 5.50. The monoisotopic (exact) mass is 970 g/mol. The minimum Gasteiger partial charge on any atom is -0.508 e. The first kappa shape index (κ1) is 58.4. The number of rotatable bonds is 27. The van der Waals surface area contributed by atoms with Crippen molar-refractivity contribution in [1.29, 1.82) is 0 Å². The summed E-state index contributed by atoms with van der Waals surface area (Å²) in [4.78, 5) is 36.3. The number of aliphatic hydroxyl groups is 4. The number of hydrogen-bond donors (Lipinski definition) is 11. The molecule has 0 heterocycles. The van der Waals surface area contributed by atoms with Crippen molar-refractivity contribution in [1.82, 2.24) is 0 Å². The van der Waals surface area contributed by atoms with Gasteiger partial charge < -0.3 is 94.1 Å². The van der Waals surface area contributed by atoms with Crippen molar-refractivity contribution in [3.05, 3.63) is 64.2 Å². The van der Waals surface area contributed by atoms with Gasteiger partial charge in [0, 0.05) is 17.9 Å². The number of esters is 3. The number of methoxy groups -OCH3 is 1. The first-order valence-electron chi connectivity index (χ1n) is 21.1. The lowest BCUT2D eigenvalue weighted by Gasteiger charge is -2.27. The number of phenols is 7. The molecule has 0 saturated heterocycles. The molecular formula is C46H66O22. The predicted molar refractivity (Wildman–Crippen MR) is 238 cm³/mol. The van der Waals surface area contributed by atoms with E-state index in [1.165, 1.54) is 13.2 Å². The summed E-state index contributed by atoms with van der Waals surface area (Å²) in [5.74, 6) is -6.72. The van der Waals surface area contributed by atoms with Gasteiger partial charge in [-0.05, 0) is 61.4 Å². The summed E-state index contributed by atoms with van der Waals surface area (Å²) < 4.78 is 41.9. The third-order valence-electron chi connectivity index (χ3n) is 9.38. The Morgan fingerprint density at radius 3 is 1.21 bits per heavy atom. The molecule has 0 spiro atoms. The highest BCUT2D eigenvalue weighted by Gasteiger charge is 2.25. The summed E-state index contributed by atoms with van der Waals surface area (Å²) in [6.07, 6.45) is -3.75. The number of aromatic hydroxyl groups is 7. The smallest absolute Gasteiger partial charge is 0.338 e. The van der Waals surface area contributed by atoms with Gasteiger partial charge in [0.2, 0.25) is 0 Å². The van der Waals surface area contributed by atoms with Gasteiger partial charge in [0.05, 0.1) is 76.2 Å². The Morgan fingerprint density at radius 2 is 0.838 bits per heavy atom. The number of carbonyl (C=O) groups excluding carboxylic acids is 3. The van der Waals surface area contributed by atoms with Crippen LogP contribution in [-0.4, -0.2) is 185 Å². The standard InChI is InChI=1S/C27H36O12.C19H30O10/c1-15-5-17(6-21(30)16(15)2)25(34)37-11-19(29)10-36-13-27(3,4)14-39-20(9-28)12-38-26(35)18-7-22(31)24(33)23(32)8-18;1-19(2,10-27-7-13(20)6-26-3)11-28-8-14(21)9-29-18(25)12-4-15(22)17(24)16(23)5-12/h5-8,19-20,28-33H,9-14H2,1-4H3;4-5,13-14,20-24H,6-11H2,1-3H3. The number of phenolic OH excluding ortho intramolecular Hbond substituents is 7.